The van der Waals surface area contributed by atoms with Gasteiger partial charge in [0.1, 0.15) is 6.61 Å². The molecule has 2 atom stereocenters. The molecule has 2 unspecified atom stereocenters. The summed E-state index contributed by atoms with van der Waals surface area (Å²) in [4.78, 5) is 10.8. The van der Waals surface area contributed by atoms with Crippen LogP contribution >= 0.6 is 0 Å². The number of hydrogen-bond acceptors (Lipinski definition) is 3. The molecule has 0 aromatic carbocycles. The maximum Gasteiger partial charge on any atom is 0.243 e. The maximum absolute atomic E-state index is 10.8. The van der Waals surface area contributed by atoms with E-state index >= 15 is 0 Å². The van der Waals surface area contributed by atoms with Gasteiger partial charge in [0.2, 0.25) is 5.91 Å². The molecule has 16 heavy (non-hydrogen) atoms. The van der Waals surface area contributed by atoms with Gasteiger partial charge in [-0.05, 0) is 49.9 Å². The number of carbonyl (C=O) groups excluding carboxylic acids is 1. The average Bonchev–Trinajstić information content (AvgIpc) is 2.22. The highest BCUT2D eigenvalue weighted by atomic mass is 16.5. The molecule has 0 aromatic heterocycles. The van der Waals surface area contributed by atoms with Gasteiger partial charge in [0.25, 0.3) is 0 Å². The van der Waals surface area contributed by atoms with E-state index in [4.69, 9.17) is 16.2 Å². The molecular weight excluding hydrogens is 204 g/mol. The van der Waals surface area contributed by atoms with Crippen LogP contribution in [0.5, 0.6) is 0 Å². The highest BCUT2D eigenvalue weighted by molar-refractivity contribution is 5.75. The first kappa shape index (κ1) is 10.5. The van der Waals surface area contributed by atoms with Crippen molar-refractivity contribution < 1.29 is 9.53 Å². The van der Waals surface area contributed by atoms with Gasteiger partial charge in [-0.15, -0.1) is 0 Å². The minimum atomic E-state index is -0.361. The molecule has 4 aliphatic rings. The van der Waals surface area contributed by atoms with Gasteiger partial charge in [-0.3, -0.25) is 4.79 Å². The zero-order valence-corrected chi connectivity index (χ0v) is 9.52. The second kappa shape index (κ2) is 3.44. The molecule has 4 aliphatic carbocycles. The lowest BCUT2D eigenvalue weighted by Gasteiger charge is -2.58. The Morgan fingerprint density at radius 3 is 2.44 bits per heavy atom. The molecule has 0 aliphatic heterocycles. The van der Waals surface area contributed by atoms with E-state index < -0.39 is 0 Å². The van der Waals surface area contributed by atoms with E-state index in [1.165, 1.54) is 12.8 Å². The third-order valence-corrected chi connectivity index (χ3v) is 4.81. The topological polar surface area (TPSA) is 78.3 Å². The molecule has 4 N–H and O–H groups in total. The predicted octanol–water partition coefficient (Wildman–Crippen LogP) is 0.394. The summed E-state index contributed by atoms with van der Waals surface area (Å²) in [5.74, 6) is 1.63. The Hall–Kier alpha value is -0.610. The Balaban J connectivity index is 1.75. The second-order valence-electron chi connectivity index (χ2n) is 5.99. The molecule has 4 nitrogen and oxygen atoms in total. The van der Waals surface area contributed by atoms with Crippen LogP contribution in [0, 0.1) is 17.8 Å². The molecular formula is C12H20N2O2. The van der Waals surface area contributed by atoms with Crippen molar-refractivity contribution in [2.45, 2.75) is 43.7 Å². The largest absolute Gasteiger partial charge is 0.368 e. The van der Waals surface area contributed by atoms with Crippen LogP contribution < -0.4 is 11.5 Å². The van der Waals surface area contributed by atoms with Crippen LogP contribution in [0.1, 0.15) is 32.1 Å². The van der Waals surface area contributed by atoms with Gasteiger partial charge >= 0.3 is 0 Å². The Morgan fingerprint density at radius 2 is 1.88 bits per heavy atom. The zero-order valence-electron chi connectivity index (χ0n) is 9.52. The number of carbonyl (C=O) groups is 1. The normalized spacial score (nSPS) is 49.6. The lowest BCUT2D eigenvalue weighted by atomic mass is 9.52. The first-order valence-electron chi connectivity index (χ1n) is 6.26. The average molecular weight is 224 g/mol. The predicted molar refractivity (Wildman–Crippen MR) is 59.4 cm³/mol. The van der Waals surface area contributed by atoms with Gasteiger partial charge < -0.3 is 16.2 Å². The van der Waals surface area contributed by atoms with Crippen molar-refractivity contribution in [2.24, 2.45) is 29.2 Å². The summed E-state index contributed by atoms with van der Waals surface area (Å²) in [5, 5.41) is 0. The van der Waals surface area contributed by atoms with Gasteiger partial charge in [0.15, 0.2) is 0 Å². The number of ether oxygens (including phenoxy) is 1. The van der Waals surface area contributed by atoms with Crippen molar-refractivity contribution in [1.29, 1.82) is 0 Å². The van der Waals surface area contributed by atoms with Crippen LogP contribution in [0.25, 0.3) is 0 Å². The van der Waals surface area contributed by atoms with Crippen LogP contribution in [-0.2, 0) is 9.53 Å². The number of primary amides is 1. The Bertz CT molecular complexity index is 302. The molecule has 0 radical (unpaired) electrons. The first-order valence-corrected chi connectivity index (χ1v) is 6.26. The van der Waals surface area contributed by atoms with E-state index in [0.29, 0.717) is 17.9 Å². The summed E-state index contributed by atoms with van der Waals surface area (Å²) in [6, 6.07) is 0.363. The molecule has 4 fully saturated rings. The zero-order chi connectivity index (χ0) is 11.3. The van der Waals surface area contributed by atoms with Crippen molar-refractivity contribution in [3.63, 3.8) is 0 Å². The van der Waals surface area contributed by atoms with Gasteiger partial charge in [-0.2, -0.15) is 0 Å². The summed E-state index contributed by atoms with van der Waals surface area (Å²) in [5.41, 5.74) is 11.3. The standard InChI is InChI=1S/C12H20N2O2/c13-10(15)6-16-12-3-7-1-8(4-12)11(14)9(2-7)5-12/h7-9,11H,1-6,14H2,(H2,13,15). The van der Waals surface area contributed by atoms with E-state index in [-0.39, 0.29) is 18.1 Å². The van der Waals surface area contributed by atoms with Gasteiger partial charge in [0.05, 0.1) is 5.60 Å². The summed E-state index contributed by atoms with van der Waals surface area (Å²) in [6.45, 7) is 0.0708. The van der Waals surface area contributed by atoms with Gasteiger partial charge in [0, 0.05) is 6.04 Å². The summed E-state index contributed by atoms with van der Waals surface area (Å²) in [7, 11) is 0. The van der Waals surface area contributed by atoms with Gasteiger partial charge in [-0.1, -0.05) is 0 Å². The third kappa shape index (κ3) is 1.55. The van der Waals surface area contributed by atoms with Crippen molar-refractivity contribution in [1.82, 2.24) is 0 Å². The lowest BCUT2D eigenvalue weighted by molar-refractivity contribution is -0.173. The van der Waals surface area contributed by atoms with E-state index in [1.54, 1.807) is 0 Å². The summed E-state index contributed by atoms with van der Waals surface area (Å²) in [6.07, 6.45) is 5.71. The van der Waals surface area contributed by atoms with Crippen LogP contribution in [-0.4, -0.2) is 24.2 Å². The minimum Gasteiger partial charge on any atom is -0.368 e. The number of amides is 1. The fourth-order valence-corrected chi connectivity index (χ4v) is 4.39. The van der Waals surface area contributed by atoms with Crippen molar-refractivity contribution in [3.05, 3.63) is 0 Å². The molecule has 0 heterocycles. The third-order valence-electron chi connectivity index (χ3n) is 4.81. The monoisotopic (exact) mass is 224 g/mol. The van der Waals surface area contributed by atoms with Gasteiger partial charge in [-0.25, -0.2) is 0 Å². The fraction of sp³-hybridized carbons (Fsp3) is 0.917. The van der Waals surface area contributed by atoms with E-state index in [2.05, 4.69) is 0 Å². The second-order valence-corrected chi connectivity index (χ2v) is 5.99. The minimum absolute atomic E-state index is 0.0681. The molecule has 0 aromatic rings. The molecule has 1 amide bonds. The Morgan fingerprint density at radius 1 is 1.25 bits per heavy atom. The number of rotatable bonds is 3. The first-order chi connectivity index (χ1) is 7.58. The van der Waals surface area contributed by atoms with Crippen LogP contribution in [0.3, 0.4) is 0 Å². The lowest BCUT2D eigenvalue weighted by Crippen LogP contribution is -2.60. The SMILES string of the molecule is NC(=O)COC12CC3CC(C1)C(N)C(C3)C2. The smallest absolute Gasteiger partial charge is 0.243 e. The molecule has 4 heteroatoms. The van der Waals surface area contributed by atoms with Crippen LogP contribution in [0.4, 0.5) is 0 Å². The van der Waals surface area contributed by atoms with E-state index in [0.717, 1.165) is 25.2 Å². The molecule has 0 spiro atoms. The quantitative estimate of drug-likeness (QED) is 0.728. The van der Waals surface area contributed by atoms with E-state index in [9.17, 15) is 4.79 Å². The van der Waals surface area contributed by atoms with Crippen LogP contribution in [0.15, 0.2) is 0 Å². The van der Waals surface area contributed by atoms with Crippen molar-refractivity contribution in [3.8, 4) is 0 Å². The maximum atomic E-state index is 10.8. The highest BCUT2D eigenvalue weighted by Gasteiger charge is 2.55. The van der Waals surface area contributed by atoms with Crippen molar-refractivity contribution in [2.75, 3.05) is 6.61 Å². The summed E-state index contributed by atoms with van der Waals surface area (Å²) < 4.78 is 5.82. The number of nitrogens with two attached hydrogens (primary N) is 2. The molecule has 4 rings (SSSR count). The highest BCUT2D eigenvalue weighted by Crippen LogP contribution is 2.56. The van der Waals surface area contributed by atoms with Crippen molar-refractivity contribution >= 4 is 5.91 Å². The summed E-state index contributed by atoms with van der Waals surface area (Å²) >= 11 is 0. The molecule has 90 valence electrons. The fourth-order valence-electron chi connectivity index (χ4n) is 4.39. The molecule has 0 saturated heterocycles. The number of hydrogen-bond donors (Lipinski definition) is 2. The molecule has 4 bridgehead atoms. The van der Waals surface area contributed by atoms with E-state index in [1.807, 2.05) is 0 Å². The Labute approximate surface area is 95.7 Å². The molecule has 4 saturated carbocycles. The Kier molecular flexibility index (Phi) is 2.27. The van der Waals surface area contributed by atoms with Crippen LogP contribution in [0.2, 0.25) is 0 Å².